The Morgan fingerprint density at radius 2 is 1.30 bits per heavy atom. The van der Waals surface area contributed by atoms with Gasteiger partial charge in [0.15, 0.2) is 0 Å². The van der Waals surface area contributed by atoms with E-state index in [1.54, 1.807) is 7.05 Å². The Hall–Kier alpha value is -1.33. The predicted octanol–water partition coefficient (Wildman–Crippen LogP) is 9.02. The number of rotatable bonds is 17. The third-order valence-corrected chi connectivity index (χ3v) is 4.51. The number of hydrogen-bond donors (Lipinski definition) is 0. The quantitative estimate of drug-likeness (QED) is 0.104. The molecule has 0 unspecified atom stereocenters. The smallest absolute Gasteiger partial charge is 0.0372 e. The summed E-state index contributed by atoms with van der Waals surface area (Å²) in [7, 11) is 1.75. The molecule has 0 bridgehead atoms. The Morgan fingerprint density at radius 3 is 1.74 bits per heavy atom. The molecule has 1 heteroatoms. The van der Waals surface area contributed by atoms with Crippen molar-refractivity contribution in [2.24, 2.45) is 4.99 Å². The Morgan fingerprint density at radius 1 is 0.815 bits per heavy atom. The minimum absolute atomic E-state index is 1.16. The third-order valence-electron chi connectivity index (χ3n) is 4.51. The molecule has 0 aliphatic carbocycles. The summed E-state index contributed by atoms with van der Waals surface area (Å²) in [5.41, 5.74) is 1.38. The first-order valence-corrected chi connectivity index (χ1v) is 11.5. The molecule has 0 N–H and O–H groups in total. The molecule has 0 rings (SSSR count). The van der Waals surface area contributed by atoms with Gasteiger partial charge >= 0.3 is 0 Å². The average Bonchev–Trinajstić information content (AvgIpc) is 2.70. The van der Waals surface area contributed by atoms with Gasteiger partial charge in [0, 0.05) is 7.05 Å². The standard InChI is InChI=1S/C24H41N.C2H6/c1-4-6-7-8-9-10-11-12-13-14-15-16-17-18-21-24(20-5-2)22-19-23-25-3;1-2/h4-5,19-20,22H,1,6-18,21H2,2-3H3;1-2H3/b20-5-,24-22+;. The summed E-state index contributed by atoms with van der Waals surface area (Å²) in [6, 6.07) is 0. The van der Waals surface area contributed by atoms with E-state index in [1.165, 1.54) is 89.0 Å². The van der Waals surface area contributed by atoms with Gasteiger partial charge in [0.2, 0.25) is 0 Å². The van der Waals surface area contributed by atoms with Crippen LogP contribution < -0.4 is 0 Å². The summed E-state index contributed by atoms with van der Waals surface area (Å²) in [4.78, 5) is 3.86. The van der Waals surface area contributed by atoms with Crippen molar-refractivity contribution in [3.05, 3.63) is 42.5 Å². The largest absolute Gasteiger partial charge is 0.246 e. The van der Waals surface area contributed by atoms with Gasteiger partial charge in [0.05, 0.1) is 0 Å². The van der Waals surface area contributed by atoms with E-state index < -0.39 is 0 Å². The van der Waals surface area contributed by atoms with Gasteiger partial charge in [-0.25, -0.2) is 4.99 Å². The lowest BCUT2D eigenvalue weighted by molar-refractivity contribution is 0.541. The van der Waals surface area contributed by atoms with E-state index in [1.807, 2.05) is 26.0 Å². The summed E-state index contributed by atoms with van der Waals surface area (Å²) < 4.78 is 0. The molecule has 0 spiro atoms. The normalized spacial score (nSPS) is 10.9. The van der Waals surface area contributed by atoms with Gasteiger partial charge < -0.3 is 0 Å². The highest BCUT2D eigenvalue weighted by Crippen LogP contribution is 2.15. The van der Waals surface area contributed by atoms with E-state index in [2.05, 4.69) is 42.6 Å². The summed E-state index contributed by atoms with van der Waals surface area (Å²) in [6.07, 6.45) is 29.4. The topological polar surface area (TPSA) is 12.4 Å². The number of nitrogens with zero attached hydrogens (tertiary/aromatic N) is 1. The molecule has 0 heterocycles. The molecule has 0 aliphatic rings. The van der Waals surface area contributed by atoms with Crippen LogP contribution in [0.3, 0.4) is 0 Å². The molecule has 27 heavy (non-hydrogen) atoms. The SMILES string of the molecule is C=CCCCCCCCCCCCCCCC(/C=C\C)=C/C=C=NC.CC. The van der Waals surface area contributed by atoms with Gasteiger partial charge in [-0.2, -0.15) is 0 Å². The molecule has 0 amide bonds. The van der Waals surface area contributed by atoms with Crippen molar-refractivity contribution in [2.45, 2.75) is 111 Å². The molecule has 0 saturated heterocycles. The van der Waals surface area contributed by atoms with Crippen LogP contribution in [-0.4, -0.2) is 12.9 Å². The highest BCUT2D eigenvalue weighted by Gasteiger charge is 1.95. The Kier molecular flexibility index (Phi) is 27.8. The van der Waals surface area contributed by atoms with Gasteiger partial charge in [0.25, 0.3) is 0 Å². The Labute approximate surface area is 171 Å². The van der Waals surface area contributed by atoms with Crippen molar-refractivity contribution in [1.82, 2.24) is 0 Å². The number of allylic oxidation sites excluding steroid dienone is 6. The molecular weight excluding hydrogens is 326 g/mol. The Bertz CT molecular complexity index is 408. The maximum atomic E-state index is 3.86. The van der Waals surface area contributed by atoms with E-state index in [-0.39, 0.29) is 0 Å². The van der Waals surface area contributed by atoms with Crippen molar-refractivity contribution in [3.8, 4) is 0 Å². The van der Waals surface area contributed by atoms with Crippen LogP contribution in [0.25, 0.3) is 0 Å². The van der Waals surface area contributed by atoms with Crippen LogP contribution in [0, 0.1) is 0 Å². The maximum absolute atomic E-state index is 3.86. The second-order valence-electron chi connectivity index (χ2n) is 6.83. The second kappa shape index (κ2) is 26.9. The molecule has 0 atom stereocenters. The summed E-state index contributed by atoms with van der Waals surface area (Å²) in [6.45, 7) is 9.85. The second-order valence-corrected chi connectivity index (χ2v) is 6.83. The minimum atomic E-state index is 1.16. The van der Waals surface area contributed by atoms with Gasteiger partial charge in [0.1, 0.15) is 0 Å². The molecule has 0 aromatic heterocycles. The zero-order valence-corrected chi connectivity index (χ0v) is 18.9. The van der Waals surface area contributed by atoms with E-state index in [0.717, 1.165) is 6.42 Å². The molecule has 0 aliphatic heterocycles. The Balaban J connectivity index is 0. The molecule has 0 aromatic carbocycles. The van der Waals surface area contributed by atoms with Crippen molar-refractivity contribution in [3.63, 3.8) is 0 Å². The first-order valence-electron chi connectivity index (χ1n) is 11.5. The number of hydrogen-bond acceptors (Lipinski definition) is 1. The fraction of sp³-hybridized carbons (Fsp3) is 0.692. The van der Waals surface area contributed by atoms with Crippen molar-refractivity contribution in [1.29, 1.82) is 0 Å². The lowest BCUT2D eigenvalue weighted by atomic mass is 10.0. The average molecular weight is 374 g/mol. The van der Waals surface area contributed by atoms with Gasteiger partial charge in [-0.3, -0.25) is 0 Å². The number of aliphatic imine (C=N–C) groups is 1. The first kappa shape index (κ1) is 27.9. The lowest BCUT2D eigenvalue weighted by Crippen LogP contribution is -1.84. The van der Waals surface area contributed by atoms with Gasteiger partial charge in [-0.05, 0) is 56.2 Å². The molecule has 0 fully saturated rings. The summed E-state index contributed by atoms with van der Waals surface area (Å²) in [5, 5.41) is 0. The molecule has 0 saturated carbocycles. The molecule has 0 radical (unpaired) electrons. The van der Waals surface area contributed by atoms with Crippen LogP contribution in [0.15, 0.2) is 47.5 Å². The predicted molar refractivity (Wildman–Crippen MR) is 127 cm³/mol. The zero-order valence-electron chi connectivity index (χ0n) is 18.9. The molecular formula is C26H47N. The van der Waals surface area contributed by atoms with E-state index in [0.29, 0.717) is 0 Å². The van der Waals surface area contributed by atoms with Crippen LogP contribution in [0.4, 0.5) is 0 Å². The van der Waals surface area contributed by atoms with Crippen molar-refractivity contribution in [2.75, 3.05) is 7.05 Å². The van der Waals surface area contributed by atoms with E-state index in [4.69, 9.17) is 0 Å². The fourth-order valence-electron chi connectivity index (χ4n) is 3.04. The van der Waals surface area contributed by atoms with E-state index >= 15 is 0 Å². The van der Waals surface area contributed by atoms with Crippen LogP contribution in [0.1, 0.15) is 111 Å². The van der Waals surface area contributed by atoms with Gasteiger partial charge in [-0.15, -0.1) is 6.58 Å². The van der Waals surface area contributed by atoms with Crippen LogP contribution in [-0.2, 0) is 0 Å². The highest BCUT2D eigenvalue weighted by molar-refractivity contribution is 5.55. The molecule has 0 aromatic rings. The maximum Gasteiger partial charge on any atom is 0.0372 e. The summed E-state index contributed by atoms with van der Waals surface area (Å²) >= 11 is 0. The third kappa shape index (κ3) is 24.7. The molecule has 1 nitrogen and oxygen atoms in total. The summed E-state index contributed by atoms with van der Waals surface area (Å²) in [5.74, 6) is 2.87. The minimum Gasteiger partial charge on any atom is -0.246 e. The van der Waals surface area contributed by atoms with E-state index in [9.17, 15) is 0 Å². The number of unbranched alkanes of at least 4 members (excludes halogenated alkanes) is 12. The lowest BCUT2D eigenvalue weighted by Gasteiger charge is -2.04. The highest BCUT2D eigenvalue weighted by atomic mass is 14.6. The fourth-order valence-corrected chi connectivity index (χ4v) is 3.04. The van der Waals surface area contributed by atoms with Crippen LogP contribution in [0.5, 0.6) is 0 Å². The monoisotopic (exact) mass is 373 g/mol. The van der Waals surface area contributed by atoms with Crippen molar-refractivity contribution >= 4 is 5.87 Å². The first-order chi connectivity index (χ1) is 13.3. The van der Waals surface area contributed by atoms with Crippen LogP contribution >= 0.6 is 0 Å². The zero-order chi connectivity index (χ0) is 20.4. The molecule has 156 valence electrons. The van der Waals surface area contributed by atoms with Crippen molar-refractivity contribution < 1.29 is 0 Å². The van der Waals surface area contributed by atoms with Crippen LogP contribution in [0.2, 0.25) is 0 Å². The van der Waals surface area contributed by atoms with Gasteiger partial charge in [-0.1, -0.05) is 96.3 Å².